The van der Waals surface area contributed by atoms with E-state index in [2.05, 4.69) is 10.3 Å². The van der Waals surface area contributed by atoms with Crippen LogP contribution in [0.25, 0.3) is 0 Å². The van der Waals surface area contributed by atoms with E-state index >= 15 is 0 Å². The van der Waals surface area contributed by atoms with Crippen LogP contribution < -0.4 is 10.4 Å². The molecule has 5 nitrogen and oxygen atoms in total. The summed E-state index contributed by atoms with van der Waals surface area (Å²) in [4.78, 5) is 27.1. The van der Waals surface area contributed by atoms with Gasteiger partial charge in [0.1, 0.15) is 0 Å². The average molecular weight is 338 g/mol. The first-order chi connectivity index (χ1) is 10.5. The number of aromatic carboxylic acids is 1. The Morgan fingerprint density at radius 2 is 1.68 bits per heavy atom. The van der Waals surface area contributed by atoms with Crippen molar-refractivity contribution in [2.45, 2.75) is 6.42 Å². The van der Waals surface area contributed by atoms with Gasteiger partial charge in [0.25, 0.3) is 5.91 Å². The Labute approximate surface area is 136 Å². The maximum Gasteiger partial charge on any atom is 0.252 e. The van der Waals surface area contributed by atoms with Crippen molar-refractivity contribution in [3.05, 3.63) is 63.4 Å². The van der Waals surface area contributed by atoms with Crippen molar-refractivity contribution in [3.8, 4) is 0 Å². The maximum atomic E-state index is 12.1. The predicted molar refractivity (Wildman–Crippen MR) is 81.1 cm³/mol. The molecular weight excluding hydrogens is 327 g/mol. The summed E-state index contributed by atoms with van der Waals surface area (Å²) >= 11 is 11.6. The van der Waals surface area contributed by atoms with E-state index in [-0.39, 0.29) is 21.2 Å². The van der Waals surface area contributed by atoms with Crippen LogP contribution in [0, 0.1) is 0 Å². The highest BCUT2D eigenvalue weighted by molar-refractivity contribution is 6.42. The molecule has 0 aliphatic heterocycles. The normalized spacial score (nSPS) is 10.3. The van der Waals surface area contributed by atoms with Crippen molar-refractivity contribution < 1.29 is 14.7 Å². The first-order valence-corrected chi connectivity index (χ1v) is 7.12. The monoisotopic (exact) mass is 337 g/mol. The zero-order valence-corrected chi connectivity index (χ0v) is 12.8. The van der Waals surface area contributed by atoms with E-state index in [1.54, 1.807) is 12.4 Å². The number of aromatic nitrogens is 1. The van der Waals surface area contributed by atoms with E-state index in [0.29, 0.717) is 13.0 Å². The van der Waals surface area contributed by atoms with Gasteiger partial charge in [0.05, 0.1) is 16.0 Å². The second-order valence-electron chi connectivity index (χ2n) is 4.46. The molecule has 1 heterocycles. The van der Waals surface area contributed by atoms with Gasteiger partial charge in [-0.05, 0) is 36.2 Å². The number of halogens is 2. The second-order valence-corrected chi connectivity index (χ2v) is 5.28. The number of nitrogens with one attached hydrogen (secondary N) is 1. The number of rotatable bonds is 5. The third kappa shape index (κ3) is 3.96. The minimum Gasteiger partial charge on any atom is -0.545 e. The molecule has 22 heavy (non-hydrogen) atoms. The fraction of sp³-hybridized carbons (Fsp3) is 0.133. The Morgan fingerprint density at radius 1 is 1.09 bits per heavy atom. The van der Waals surface area contributed by atoms with E-state index in [0.717, 1.165) is 11.6 Å². The number of benzene rings is 1. The molecule has 1 aromatic carbocycles. The highest BCUT2D eigenvalue weighted by atomic mass is 35.5. The second kappa shape index (κ2) is 7.24. The highest BCUT2D eigenvalue weighted by Crippen LogP contribution is 2.25. The van der Waals surface area contributed by atoms with Crippen molar-refractivity contribution in [3.63, 3.8) is 0 Å². The van der Waals surface area contributed by atoms with Gasteiger partial charge in [-0.15, -0.1) is 0 Å². The lowest BCUT2D eigenvalue weighted by Gasteiger charge is -2.12. The van der Waals surface area contributed by atoms with Crippen LogP contribution in [0.15, 0.2) is 36.7 Å². The summed E-state index contributed by atoms with van der Waals surface area (Å²) in [6, 6.07) is 5.99. The number of carbonyl (C=O) groups is 2. The fourth-order valence-electron chi connectivity index (χ4n) is 1.87. The van der Waals surface area contributed by atoms with E-state index in [9.17, 15) is 14.7 Å². The lowest BCUT2D eigenvalue weighted by molar-refractivity contribution is -0.255. The molecule has 2 aromatic rings. The van der Waals surface area contributed by atoms with E-state index in [1.165, 1.54) is 6.07 Å². The molecule has 1 aromatic heterocycles. The minimum atomic E-state index is -1.49. The van der Waals surface area contributed by atoms with Crippen molar-refractivity contribution >= 4 is 35.1 Å². The lowest BCUT2D eigenvalue weighted by atomic mass is 10.1. The Balaban J connectivity index is 2.09. The average Bonchev–Trinajstić information content (AvgIpc) is 2.50. The Bertz CT molecular complexity index is 705. The van der Waals surface area contributed by atoms with Crippen molar-refractivity contribution in [2.24, 2.45) is 0 Å². The summed E-state index contributed by atoms with van der Waals surface area (Å²) in [5, 5.41) is 13.9. The topological polar surface area (TPSA) is 82.1 Å². The Kier molecular flexibility index (Phi) is 5.35. The van der Waals surface area contributed by atoms with Crippen LogP contribution in [0.3, 0.4) is 0 Å². The summed E-state index contributed by atoms with van der Waals surface area (Å²) in [6.45, 7) is 0.343. The number of pyridine rings is 1. The van der Waals surface area contributed by atoms with Crippen molar-refractivity contribution in [1.29, 1.82) is 0 Å². The molecule has 1 N–H and O–H groups in total. The predicted octanol–water partition coefficient (Wildman–Crippen LogP) is 1.72. The minimum absolute atomic E-state index is 0.0502. The molecule has 0 atom stereocenters. The van der Waals surface area contributed by atoms with Crippen LogP contribution in [0.5, 0.6) is 0 Å². The Hall–Kier alpha value is -2.11. The van der Waals surface area contributed by atoms with Crippen LogP contribution in [0.2, 0.25) is 10.0 Å². The molecule has 0 radical (unpaired) electrons. The van der Waals surface area contributed by atoms with E-state index in [4.69, 9.17) is 23.2 Å². The number of hydrogen-bond acceptors (Lipinski definition) is 4. The van der Waals surface area contributed by atoms with Gasteiger partial charge >= 0.3 is 0 Å². The summed E-state index contributed by atoms with van der Waals surface area (Å²) < 4.78 is 0. The molecule has 0 aliphatic carbocycles. The molecule has 7 heteroatoms. The maximum absolute atomic E-state index is 12.1. The largest absolute Gasteiger partial charge is 0.545 e. The molecule has 0 bridgehead atoms. The highest BCUT2D eigenvalue weighted by Gasteiger charge is 2.15. The van der Waals surface area contributed by atoms with Gasteiger partial charge in [-0.2, -0.15) is 0 Å². The molecule has 114 valence electrons. The summed E-state index contributed by atoms with van der Waals surface area (Å²) in [5.41, 5.74) is 0.629. The van der Waals surface area contributed by atoms with E-state index in [1.807, 2.05) is 12.1 Å². The van der Waals surface area contributed by atoms with Gasteiger partial charge in [-0.3, -0.25) is 9.78 Å². The molecule has 2 rings (SSSR count). The SMILES string of the molecule is O=C([O-])c1cc(Cl)c(Cl)cc1C(=O)NCCc1ccncc1. The fourth-order valence-corrected chi connectivity index (χ4v) is 2.20. The first kappa shape index (κ1) is 16.3. The summed E-state index contributed by atoms with van der Waals surface area (Å²) in [6.07, 6.45) is 3.91. The number of amides is 1. The summed E-state index contributed by atoms with van der Waals surface area (Å²) in [5.74, 6) is -2.04. The number of carboxylic acids is 1. The van der Waals surface area contributed by atoms with Gasteiger partial charge in [-0.1, -0.05) is 23.2 Å². The molecule has 1 amide bonds. The molecule has 0 spiro atoms. The standard InChI is InChI=1S/C15H12Cl2N2O3/c16-12-7-10(11(15(21)22)8-13(12)17)14(20)19-6-3-9-1-4-18-5-2-9/h1-2,4-5,7-8H,3,6H2,(H,19,20)(H,21,22)/p-1. The van der Waals surface area contributed by atoms with Crippen LogP contribution >= 0.6 is 23.2 Å². The molecule has 0 unspecified atom stereocenters. The van der Waals surface area contributed by atoms with Gasteiger partial charge < -0.3 is 15.2 Å². The number of nitrogens with zero attached hydrogens (tertiary/aromatic N) is 1. The first-order valence-electron chi connectivity index (χ1n) is 6.36. The van der Waals surface area contributed by atoms with Gasteiger partial charge in [0, 0.05) is 30.1 Å². The zero-order valence-electron chi connectivity index (χ0n) is 11.3. The van der Waals surface area contributed by atoms with Crippen LogP contribution in [0.4, 0.5) is 0 Å². The van der Waals surface area contributed by atoms with Crippen LogP contribution in [-0.4, -0.2) is 23.4 Å². The van der Waals surface area contributed by atoms with Gasteiger partial charge in [0.2, 0.25) is 0 Å². The Morgan fingerprint density at radius 3 is 2.27 bits per heavy atom. The summed E-state index contributed by atoms with van der Waals surface area (Å²) in [7, 11) is 0. The number of carbonyl (C=O) groups excluding carboxylic acids is 2. The lowest BCUT2D eigenvalue weighted by Crippen LogP contribution is -2.30. The quantitative estimate of drug-likeness (QED) is 0.900. The third-order valence-corrected chi connectivity index (χ3v) is 3.70. The molecule has 0 saturated carbocycles. The van der Waals surface area contributed by atoms with Crippen molar-refractivity contribution in [1.82, 2.24) is 10.3 Å². The molecule has 0 aliphatic rings. The van der Waals surface area contributed by atoms with Crippen molar-refractivity contribution in [2.75, 3.05) is 6.54 Å². The molecule has 0 fully saturated rings. The molecular formula is C15H11Cl2N2O3-. The number of carboxylic acid groups (broad SMARTS) is 1. The smallest absolute Gasteiger partial charge is 0.252 e. The van der Waals surface area contributed by atoms with E-state index < -0.39 is 11.9 Å². The number of hydrogen-bond donors (Lipinski definition) is 1. The van der Waals surface area contributed by atoms with Crippen LogP contribution in [-0.2, 0) is 6.42 Å². The molecule has 0 saturated heterocycles. The zero-order chi connectivity index (χ0) is 16.1. The van der Waals surface area contributed by atoms with Gasteiger partial charge in [0.15, 0.2) is 0 Å². The third-order valence-electron chi connectivity index (χ3n) is 2.97. The van der Waals surface area contributed by atoms with Crippen LogP contribution in [0.1, 0.15) is 26.3 Å². The van der Waals surface area contributed by atoms with Gasteiger partial charge in [-0.25, -0.2) is 0 Å².